The van der Waals surface area contributed by atoms with Crippen LogP contribution in [0.2, 0.25) is 0 Å². The summed E-state index contributed by atoms with van der Waals surface area (Å²) in [7, 11) is 1.65. The number of aryl methyl sites for hydroxylation is 1. The standard InChI is InChI=1S/C13H20N2O/c1-8-5-9(7-15-12(8)16-4)11-10(6-14)13(11,2)3/h5,7,10-11H,6,14H2,1-4H3. The van der Waals surface area contributed by atoms with E-state index in [1.54, 1.807) is 7.11 Å². The van der Waals surface area contributed by atoms with Gasteiger partial charge in [-0.15, -0.1) is 0 Å². The van der Waals surface area contributed by atoms with Crippen molar-refractivity contribution in [3.63, 3.8) is 0 Å². The first-order chi connectivity index (χ1) is 7.52. The highest BCUT2D eigenvalue weighted by atomic mass is 16.5. The Bertz CT molecular complexity index is 401. The molecule has 2 N–H and O–H groups in total. The maximum Gasteiger partial charge on any atom is 0.215 e. The molecule has 2 rings (SSSR count). The summed E-state index contributed by atoms with van der Waals surface area (Å²) in [6.45, 7) is 7.33. The van der Waals surface area contributed by atoms with Gasteiger partial charge < -0.3 is 10.5 Å². The predicted octanol–water partition coefficient (Wildman–Crippen LogP) is 2.10. The second-order valence-electron chi connectivity index (χ2n) is 5.24. The molecule has 88 valence electrons. The molecule has 0 saturated heterocycles. The van der Waals surface area contributed by atoms with Crippen molar-refractivity contribution in [3.05, 3.63) is 23.4 Å². The van der Waals surface area contributed by atoms with Crippen LogP contribution in [0.5, 0.6) is 5.88 Å². The van der Waals surface area contributed by atoms with Gasteiger partial charge in [0.15, 0.2) is 0 Å². The molecule has 0 spiro atoms. The van der Waals surface area contributed by atoms with E-state index in [1.807, 2.05) is 13.1 Å². The van der Waals surface area contributed by atoms with Gasteiger partial charge in [0.2, 0.25) is 5.88 Å². The second-order valence-corrected chi connectivity index (χ2v) is 5.24. The number of ether oxygens (including phenoxy) is 1. The molecule has 1 aromatic heterocycles. The highest BCUT2D eigenvalue weighted by molar-refractivity contribution is 5.36. The first-order valence-electron chi connectivity index (χ1n) is 5.73. The van der Waals surface area contributed by atoms with Crippen LogP contribution < -0.4 is 10.5 Å². The molecule has 0 aromatic carbocycles. The fraction of sp³-hybridized carbons (Fsp3) is 0.615. The molecule has 1 aliphatic rings. The van der Waals surface area contributed by atoms with Crippen molar-refractivity contribution >= 4 is 0 Å². The highest BCUT2D eigenvalue weighted by Gasteiger charge is 2.57. The Morgan fingerprint density at radius 3 is 2.62 bits per heavy atom. The molecule has 16 heavy (non-hydrogen) atoms. The third-order valence-corrected chi connectivity index (χ3v) is 3.91. The van der Waals surface area contributed by atoms with Crippen molar-refractivity contribution < 1.29 is 4.74 Å². The number of aromatic nitrogens is 1. The summed E-state index contributed by atoms with van der Waals surface area (Å²) in [5.41, 5.74) is 8.49. The Balaban J connectivity index is 2.27. The van der Waals surface area contributed by atoms with Crippen LogP contribution >= 0.6 is 0 Å². The topological polar surface area (TPSA) is 48.1 Å². The van der Waals surface area contributed by atoms with Crippen molar-refractivity contribution in [2.75, 3.05) is 13.7 Å². The van der Waals surface area contributed by atoms with Crippen LogP contribution in [0.15, 0.2) is 12.3 Å². The lowest BCUT2D eigenvalue weighted by molar-refractivity contribution is 0.394. The van der Waals surface area contributed by atoms with Gasteiger partial charge in [-0.1, -0.05) is 13.8 Å². The minimum absolute atomic E-state index is 0.317. The Morgan fingerprint density at radius 2 is 2.19 bits per heavy atom. The normalized spacial score (nSPS) is 26.6. The maximum atomic E-state index is 5.79. The fourth-order valence-corrected chi connectivity index (χ4v) is 2.81. The van der Waals surface area contributed by atoms with Crippen molar-refractivity contribution in [1.82, 2.24) is 4.98 Å². The van der Waals surface area contributed by atoms with Gasteiger partial charge >= 0.3 is 0 Å². The molecule has 0 bridgehead atoms. The number of hydrogen-bond donors (Lipinski definition) is 1. The zero-order valence-corrected chi connectivity index (χ0v) is 10.4. The number of methoxy groups -OCH3 is 1. The van der Waals surface area contributed by atoms with E-state index in [-0.39, 0.29) is 0 Å². The van der Waals surface area contributed by atoms with Gasteiger partial charge in [0.05, 0.1) is 7.11 Å². The Hall–Kier alpha value is -1.09. The second kappa shape index (κ2) is 3.74. The zero-order chi connectivity index (χ0) is 11.9. The van der Waals surface area contributed by atoms with Gasteiger partial charge in [-0.05, 0) is 42.3 Å². The summed E-state index contributed by atoms with van der Waals surface area (Å²) in [6.07, 6.45) is 1.92. The van der Waals surface area contributed by atoms with Crippen molar-refractivity contribution in [3.8, 4) is 5.88 Å². The SMILES string of the molecule is COc1ncc(C2C(CN)C2(C)C)cc1C. The monoisotopic (exact) mass is 220 g/mol. The summed E-state index contributed by atoms with van der Waals surface area (Å²) in [5.74, 6) is 1.85. The first kappa shape index (κ1) is 11.4. The largest absolute Gasteiger partial charge is 0.481 e. The highest BCUT2D eigenvalue weighted by Crippen LogP contribution is 2.63. The number of pyridine rings is 1. The summed E-state index contributed by atoms with van der Waals surface area (Å²) >= 11 is 0. The number of nitrogens with zero attached hydrogens (tertiary/aromatic N) is 1. The van der Waals surface area contributed by atoms with E-state index in [9.17, 15) is 0 Å². The zero-order valence-electron chi connectivity index (χ0n) is 10.4. The van der Waals surface area contributed by atoms with E-state index < -0.39 is 0 Å². The van der Waals surface area contributed by atoms with Crippen molar-refractivity contribution in [1.29, 1.82) is 0 Å². The molecule has 0 radical (unpaired) electrons. The van der Waals surface area contributed by atoms with E-state index in [2.05, 4.69) is 24.9 Å². The predicted molar refractivity (Wildman–Crippen MR) is 64.6 cm³/mol. The lowest BCUT2D eigenvalue weighted by atomic mass is 10.0. The summed E-state index contributed by atoms with van der Waals surface area (Å²) < 4.78 is 5.17. The minimum atomic E-state index is 0.317. The van der Waals surface area contributed by atoms with Gasteiger partial charge in [0, 0.05) is 11.8 Å². The molecule has 3 heteroatoms. The lowest BCUT2D eigenvalue weighted by Gasteiger charge is -2.07. The Morgan fingerprint density at radius 1 is 1.50 bits per heavy atom. The van der Waals surface area contributed by atoms with Crippen LogP contribution in [-0.4, -0.2) is 18.6 Å². The number of hydrogen-bond acceptors (Lipinski definition) is 3. The molecule has 1 fully saturated rings. The van der Waals surface area contributed by atoms with Crippen LogP contribution in [0.4, 0.5) is 0 Å². The summed E-state index contributed by atoms with van der Waals surface area (Å²) in [5, 5.41) is 0. The Labute approximate surface area is 97.0 Å². The third-order valence-electron chi connectivity index (χ3n) is 3.91. The lowest BCUT2D eigenvalue weighted by Crippen LogP contribution is -2.05. The van der Waals surface area contributed by atoms with Crippen molar-refractivity contribution in [2.45, 2.75) is 26.7 Å². The van der Waals surface area contributed by atoms with Gasteiger partial charge in [-0.25, -0.2) is 4.98 Å². The molecule has 0 amide bonds. The molecule has 2 unspecified atom stereocenters. The quantitative estimate of drug-likeness (QED) is 0.848. The summed E-state index contributed by atoms with van der Waals surface area (Å²) in [6, 6.07) is 2.17. The van der Waals surface area contributed by atoms with Crippen molar-refractivity contribution in [2.24, 2.45) is 17.1 Å². The van der Waals surface area contributed by atoms with E-state index in [0.717, 1.165) is 12.1 Å². The molecular formula is C13H20N2O. The smallest absolute Gasteiger partial charge is 0.215 e. The molecule has 1 saturated carbocycles. The van der Waals surface area contributed by atoms with E-state index in [1.165, 1.54) is 5.56 Å². The molecular weight excluding hydrogens is 200 g/mol. The minimum Gasteiger partial charge on any atom is -0.481 e. The van der Waals surface area contributed by atoms with Crippen LogP contribution in [-0.2, 0) is 0 Å². The van der Waals surface area contributed by atoms with E-state index in [0.29, 0.717) is 23.1 Å². The third kappa shape index (κ3) is 1.59. The maximum absolute atomic E-state index is 5.79. The average molecular weight is 220 g/mol. The van der Waals surface area contributed by atoms with E-state index in [4.69, 9.17) is 10.5 Å². The van der Waals surface area contributed by atoms with Gasteiger partial charge in [0.1, 0.15) is 0 Å². The first-order valence-corrected chi connectivity index (χ1v) is 5.73. The van der Waals surface area contributed by atoms with Crippen LogP contribution in [0.25, 0.3) is 0 Å². The van der Waals surface area contributed by atoms with Crippen LogP contribution in [0, 0.1) is 18.3 Å². The van der Waals surface area contributed by atoms with Crippen LogP contribution in [0.3, 0.4) is 0 Å². The Kier molecular flexibility index (Phi) is 2.66. The molecule has 3 nitrogen and oxygen atoms in total. The molecule has 1 heterocycles. The molecule has 0 aliphatic heterocycles. The fourth-order valence-electron chi connectivity index (χ4n) is 2.81. The van der Waals surface area contributed by atoms with Gasteiger partial charge in [-0.3, -0.25) is 0 Å². The van der Waals surface area contributed by atoms with Gasteiger partial charge in [-0.2, -0.15) is 0 Å². The molecule has 1 aliphatic carbocycles. The van der Waals surface area contributed by atoms with Gasteiger partial charge in [0.25, 0.3) is 0 Å². The van der Waals surface area contributed by atoms with E-state index >= 15 is 0 Å². The van der Waals surface area contributed by atoms with Crippen LogP contribution in [0.1, 0.15) is 30.9 Å². The molecule has 1 aromatic rings. The number of rotatable bonds is 3. The molecule has 2 atom stereocenters. The average Bonchev–Trinajstić information content (AvgIpc) is 2.80. The number of nitrogens with two attached hydrogens (primary N) is 1. The summed E-state index contributed by atoms with van der Waals surface area (Å²) in [4.78, 5) is 4.33.